The van der Waals surface area contributed by atoms with E-state index in [9.17, 15) is 9.90 Å². The fourth-order valence-electron chi connectivity index (χ4n) is 2.57. The van der Waals surface area contributed by atoms with Gasteiger partial charge >= 0.3 is 6.09 Å². The number of piperidine rings is 1. The molecule has 5 heteroatoms. The van der Waals surface area contributed by atoms with Crippen LogP contribution in [0.15, 0.2) is 0 Å². The summed E-state index contributed by atoms with van der Waals surface area (Å²) in [5.74, 6) is 0. The van der Waals surface area contributed by atoms with Gasteiger partial charge in [-0.15, -0.1) is 0 Å². The molecule has 1 atom stereocenters. The normalized spacial score (nSPS) is 28.5. The summed E-state index contributed by atoms with van der Waals surface area (Å²) in [5.41, 5.74) is 0. The molecule has 0 saturated carbocycles. The lowest BCUT2D eigenvalue weighted by atomic mass is 10.0. The molecule has 2 fully saturated rings. The lowest BCUT2D eigenvalue weighted by Gasteiger charge is -2.37. The zero-order chi connectivity index (χ0) is 11.5. The van der Waals surface area contributed by atoms with Gasteiger partial charge in [-0.05, 0) is 19.4 Å². The number of rotatable bonds is 3. The molecular formula is C11H20N2O3. The molecular weight excluding hydrogens is 208 g/mol. The van der Waals surface area contributed by atoms with E-state index in [0.29, 0.717) is 6.61 Å². The monoisotopic (exact) mass is 228 g/mol. The van der Waals surface area contributed by atoms with E-state index < -0.39 is 0 Å². The second-order valence-electron chi connectivity index (χ2n) is 4.49. The second kappa shape index (κ2) is 5.01. The summed E-state index contributed by atoms with van der Waals surface area (Å²) in [6.45, 7) is 5.62. The molecule has 0 aromatic carbocycles. The van der Waals surface area contributed by atoms with Crippen molar-refractivity contribution in [3.63, 3.8) is 0 Å². The molecule has 0 aromatic heterocycles. The van der Waals surface area contributed by atoms with Gasteiger partial charge in [-0.2, -0.15) is 0 Å². The first-order valence-corrected chi connectivity index (χ1v) is 6.04. The number of cyclic esters (lactones) is 1. The van der Waals surface area contributed by atoms with Crippen LogP contribution in [0.5, 0.6) is 0 Å². The second-order valence-corrected chi connectivity index (χ2v) is 4.49. The Morgan fingerprint density at radius 1 is 1.44 bits per heavy atom. The van der Waals surface area contributed by atoms with Gasteiger partial charge in [-0.1, -0.05) is 6.92 Å². The highest BCUT2D eigenvalue weighted by Crippen LogP contribution is 2.23. The van der Waals surface area contributed by atoms with Gasteiger partial charge in [0.25, 0.3) is 0 Å². The number of nitrogens with zero attached hydrogens (tertiary/aromatic N) is 2. The summed E-state index contributed by atoms with van der Waals surface area (Å²) in [4.78, 5) is 15.7. The Balaban J connectivity index is 1.94. The quantitative estimate of drug-likeness (QED) is 0.754. The largest absolute Gasteiger partial charge is 0.447 e. The molecule has 0 radical (unpaired) electrons. The van der Waals surface area contributed by atoms with Crippen LogP contribution in [-0.4, -0.2) is 65.9 Å². The average molecular weight is 228 g/mol. The van der Waals surface area contributed by atoms with Gasteiger partial charge in [0.2, 0.25) is 0 Å². The Labute approximate surface area is 96.0 Å². The maximum absolute atomic E-state index is 11.6. The van der Waals surface area contributed by atoms with Crippen LogP contribution in [0.3, 0.4) is 0 Å². The topological polar surface area (TPSA) is 53.0 Å². The molecule has 5 nitrogen and oxygen atoms in total. The van der Waals surface area contributed by atoms with Crippen molar-refractivity contribution in [2.45, 2.75) is 31.8 Å². The molecule has 0 aliphatic carbocycles. The van der Waals surface area contributed by atoms with Crippen molar-refractivity contribution >= 4 is 6.09 Å². The zero-order valence-electron chi connectivity index (χ0n) is 9.76. The molecule has 16 heavy (non-hydrogen) atoms. The molecule has 1 N–H and O–H groups in total. The van der Waals surface area contributed by atoms with Crippen LogP contribution >= 0.6 is 0 Å². The third kappa shape index (κ3) is 2.15. The smallest absolute Gasteiger partial charge is 0.410 e. The van der Waals surface area contributed by atoms with Gasteiger partial charge in [0.15, 0.2) is 0 Å². The van der Waals surface area contributed by atoms with Crippen molar-refractivity contribution in [3.8, 4) is 0 Å². The van der Waals surface area contributed by atoms with Crippen molar-refractivity contribution in [1.82, 2.24) is 9.80 Å². The number of hydrogen-bond acceptors (Lipinski definition) is 4. The minimum absolute atomic E-state index is 0.000266. The lowest BCUT2D eigenvalue weighted by molar-refractivity contribution is 0.0924. The van der Waals surface area contributed by atoms with Gasteiger partial charge in [0.1, 0.15) is 6.61 Å². The molecule has 0 spiro atoms. The summed E-state index contributed by atoms with van der Waals surface area (Å²) in [6.07, 6.45) is 1.72. The minimum Gasteiger partial charge on any atom is -0.447 e. The predicted molar refractivity (Wildman–Crippen MR) is 59.2 cm³/mol. The third-order valence-corrected chi connectivity index (χ3v) is 3.61. The third-order valence-electron chi connectivity index (χ3n) is 3.61. The standard InChI is InChI=1S/C11H20N2O3/c1-2-12-5-3-9(4-6-12)13-10(7-14)8-16-11(13)15/h9-10,14H,2-8H2,1H3. The SMILES string of the molecule is CCN1CCC(N2C(=O)OCC2CO)CC1. The van der Waals surface area contributed by atoms with E-state index in [0.717, 1.165) is 32.5 Å². The molecule has 2 aliphatic heterocycles. The summed E-state index contributed by atoms with van der Waals surface area (Å²) in [5, 5.41) is 9.20. The Hall–Kier alpha value is -0.810. The predicted octanol–water partition coefficient (Wildman–Crippen LogP) is 0.284. The molecule has 1 unspecified atom stereocenters. The molecule has 0 bridgehead atoms. The molecule has 2 rings (SSSR count). The Morgan fingerprint density at radius 2 is 2.12 bits per heavy atom. The maximum atomic E-state index is 11.6. The van der Waals surface area contributed by atoms with Crippen LogP contribution in [0, 0.1) is 0 Å². The van der Waals surface area contributed by atoms with E-state index in [4.69, 9.17) is 4.74 Å². The number of aliphatic hydroxyl groups is 1. The molecule has 1 amide bonds. The van der Waals surface area contributed by atoms with Crippen LogP contribution < -0.4 is 0 Å². The summed E-state index contributed by atoms with van der Waals surface area (Å²) < 4.78 is 4.99. The van der Waals surface area contributed by atoms with Gasteiger partial charge in [0, 0.05) is 19.1 Å². The number of amides is 1. The Bertz CT molecular complexity index is 252. The van der Waals surface area contributed by atoms with E-state index >= 15 is 0 Å². The van der Waals surface area contributed by atoms with Crippen LogP contribution in [0.2, 0.25) is 0 Å². The number of carbonyl (C=O) groups excluding carboxylic acids is 1. The maximum Gasteiger partial charge on any atom is 0.410 e. The summed E-state index contributed by atoms with van der Waals surface area (Å²) >= 11 is 0. The van der Waals surface area contributed by atoms with Gasteiger partial charge in [-0.3, -0.25) is 4.90 Å². The number of hydrogen-bond donors (Lipinski definition) is 1. The lowest BCUT2D eigenvalue weighted by Crippen LogP contribution is -2.49. The summed E-state index contributed by atoms with van der Waals surface area (Å²) in [7, 11) is 0. The van der Waals surface area contributed by atoms with E-state index in [2.05, 4.69) is 11.8 Å². The number of likely N-dealkylation sites (tertiary alicyclic amines) is 1. The first-order valence-electron chi connectivity index (χ1n) is 6.04. The van der Waals surface area contributed by atoms with Gasteiger partial charge in [0.05, 0.1) is 12.6 Å². The molecule has 2 aliphatic rings. The first kappa shape index (κ1) is 11.7. The number of carbonyl (C=O) groups is 1. The zero-order valence-corrected chi connectivity index (χ0v) is 9.76. The number of aliphatic hydroxyl groups excluding tert-OH is 1. The van der Waals surface area contributed by atoms with E-state index in [-0.39, 0.29) is 24.8 Å². The molecule has 0 aromatic rings. The first-order chi connectivity index (χ1) is 7.76. The van der Waals surface area contributed by atoms with Crippen molar-refractivity contribution in [2.75, 3.05) is 32.8 Å². The molecule has 92 valence electrons. The van der Waals surface area contributed by atoms with Crippen LogP contribution in [0.4, 0.5) is 4.79 Å². The average Bonchev–Trinajstić information content (AvgIpc) is 2.70. The van der Waals surface area contributed by atoms with E-state index in [1.54, 1.807) is 4.90 Å². The van der Waals surface area contributed by atoms with Gasteiger partial charge in [-0.25, -0.2) is 4.79 Å². The van der Waals surface area contributed by atoms with Crippen LogP contribution in [0.1, 0.15) is 19.8 Å². The Morgan fingerprint density at radius 3 is 2.69 bits per heavy atom. The summed E-state index contributed by atoms with van der Waals surface area (Å²) in [6, 6.07) is 0.112. The van der Waals surface area contributed by atoms with Crippen molar-refractivity contribution < 1.29 is 14.6 Å². The highest BCUT2D eigenvalue weighted by molar-refractivity contribution is 5.70. The number of ether oxygens (including phenoxy) is 1. The molecule has 2 saturated heterocycles. The van der Waals surface area contributed by atoms with Crippen molar-refractivity contribution in [2.24, 2.45) is 0 Å². The fraction of sp³-hybridized carbons (Fsp3) is 0.909. The van der Waals surface area contributed by atoms with Crippen molar-refractivity contribution in [3.05, 3.63) is 0 Å². The van der Waals surface area contributed by atoms with Gasteiger partial charge < -0.3 is 14.7 Å². The minimum atomic E-state index is -0.256. The Kier molecular flexibility index (Phi) is 3.66. The molecule has 2 heterocycles. The fourth-order valence-corrected chi connectivity index (χ4v) is 2.57. The van der Waals surface area contributed by atoms with Crippen molar-refractivity contribution in [1.29, 1.82) is 0 Å². The van der Waals surface area contributed by atoms with E-state index in [1.807, 2.05) is 0 Å². The van der Waals surface area contributed by atoms with E-state index in [1.165, 1.54) is 0 Å². The highest BCUT2D eigenvalue weighted by Gasteiger charge is 2.38. The highest BCUT2D eigenvalue weighted by atomic mass is 16.6. The van der Waals surface area contributed by atoms with Crippen LogP contribution in [-0.2, 0) is 4.74 Å². The van der Waals surface area contributed by atoms with Crippen LogP contribution in [0.25, 0.3) is 0 Å².